The lowest BCUT2D eigenvalue weighted by Crippen LogP contribution is -2.45. The van der Waals surface area contributed by atoms with Crippen molar-refractivity contribution >= 4 is 39.6 Å². The van der Waals surface area contributed by atoms with Gasteiger partial charge in [-0.1, -0.05) is 0 Å². The van der Waals surface area contributed by atoms with E-state index in [0.717, 1.165) is 4.47 Å². The van der Waals surface area contributed by atoms with E-state index in [0.29, 0.717) is 5.75 Å². The van der Waals surface area contributed by atoms with Crippen LogP contribution in [0.3, 0.4) is 0 Å². The van der Waals surface area contributed by atoms with Crippen LogP contribution in [0.25, 0.3) is 0 Å². The number of carboxylic acids is 1. The van der Waals surface area contributed by atoms with Crippen LogP contribution in [0.1, 0.15) is 17.4 Å². The molecule has 1 aromatic heterocycles. The van der Waals surface area contributed by atoms with E-state index < -0.39 is 12.0 Å². The molecule has 1 N–H and O–H groups in total. The third-order valence-corrected chi connectivity index (χ3v) is 4.38. The maximum atomic E-state index is 12.3. The van der Waals surface area contributed by atoms with Gasteiger partial charge in [-0.05, 0) is 35.0 Å². The van der Waals surface area contributed by atoms with Crippen LogP contribution in [0, 0.1) is 0 Å². The minimum absolute atomic E-state index is 0.149. The molecule has 5 nitrogen and oxygen atoms in total. The summed E-state index contributed by atoms with van der Waals surface area (Å²) in [4.78, 5) is 28.8. The molecule has 0 saturated carbocycles. The molecule has 2 rings (SSSR count). The molecule has 1 aromatic rings. The van der Waals surface area contributed by atoms with Crippen molar-refractivity contribution in [2.75, 3.05) is 5.75 Å². The van der Waals surface area contributed by atoms with Crippen molar-refractivity contribution < 1.29 is 14.7 Å². The number of carbonyl (C=O) groups excluding carboxylic acids is 1. The molecule has 0 bridgehead atoms. The van der Waals surface area contributed by atoms with E-state index in [1.165, 1.54) is 22.9 Å². The van der Waals surface area contributed by atoms with E-state index in [1.807, 2.05) is 6.92 Å². The number of aromatic nitrogens is 1. The quantitative estimate of drug-likeness (QED) is 0.895. The molecule has 1 fully saturated rings. The Kier molecular flexibility index (Phi) is 3.91. The van der Waals surface area contributed by atoms with Crippen LogP contribution in [-0.4, -0.2) is 44.0 Å². The number of rotatable bonds is 2. The van der Waals surface area contributed by atoms with E-state index in [9.17, 15) is 9.59 Å². The lowest BCUT2D eigenvalue weighted by Gasteiger charge is -2.24. The van der Waals surface area contributed by atoms with Crippen molar-refractivity contribution in [2.24, 2.45) is 0 Å². The highest BCUT2D eigenvalue weighted by atomic mass is 79.9. The number of carboxylic acid groups (broad SMARTS) is 1. The zero-order chi connectivity index (χ0) is 13.3. The van der Waals surface area contributed by atoms with Crippen LogP contribution in [-0.2, 0) is 4.79 Å². The molecule has 0 radical (unpaired) electrons. The standard InChI is InChI=1S/C11H11BrN2O3S/c1-6-14(9(5-18-6)11(16)17)10(15)8-3-2-7(12)4-13-8/h2-4,6,9H,5H2,1H3,(H,16,17). The molecule has 2 atom stereocenters. The van der Waals surface area contributed by atoms with E-state index in [-0.39, 0.29) is 17.0 Å². The topological polar surface area (TPSA) is 70.5 Å². The molecular formula is C11H11BrN2O3S. The lowest BCUT2D eigenvalue weighted by molar-refractivity contribution is -0.141. The Morgan fingerprint density at radius 2 is 2.28 bits per heavy atom. The van der Waals surface area contributed by atoms with E-state index in [4.69, 9.17) is 5.11 Å². The van der Waals surface area contributed by atoms with Crippen molar-refractivity contribution in [2.45, 2.75) is 18.3 Å². The first-order valence-electron chi connectivity index (χ1n) is 5.29. The van der Waals surface area contributed by atoms with Crippen LogP contribution in [0.2, 0.25) is 0 Å². The molecule has 2 heterocycles. The van der Waals surface area contributed by atoms with Crippen molar-refractivity contribution in [3.63, 3.8) is 0 Å². The molecule has 1 saturated heterocycles. The Bertz CT molecular complexity index is 480. The SMILES string of the molecule is CC1SCC(C(=O)O)N1C(=O)c1ccc(Br)cn1. The highest BCUT2D eigenvalue weighted by molar-refractivity contribution is 9.10. The van der Waals surface area contributed by atoms with E-state index in [1.54, 1.807) is 12.1 Å². The zero-order valence-electron chi connectivity index (χ0n) is 9.54. The summed E-state index contributed by atoms with van der Waals surface area (Å²) in [6.07, 6.45) is 1.52. The molecule has 0 aliphatic carbocycles. The van der Waals surface area contributed by atoms with Gasteiger partial charge in [0.05, 0.1) is 5.37 Å². The molecule has 0 spiro atoms. The number of hydrogen-bond acceptors (Lipinski definition) is 4. The van der Waals surface area contributed by atoms with Crippen molar-refractivity contribution in [1.29, 1.82) is 0 Å². The Balaban J connectivity index is 2.26. The molecule has 7 heteroatoms. The molecule has 1 aliphatic rings. The summed E-state index contributed by atoms with van der Waals surface area (Å²) in [5, 5.41) is 8.96. The Morgan fingerprint density at radius 1 is 1.56 bits per heavy atom. The van der Waals surface area contributed by atoms with Gasteiger partial charge in [0.15, 0.2) is 0 Å². The summed E-state index contributed by atoms with van der Waals surface area (Å²) in [5.41, 5.74) is 0.263. The number of hydrogen-bond donors (Lipinski definition) is 1. The predicted octanol–water partition coefficient (Wildman–Crippen LogP) is 1.83. The van der Waals surface area contributed by atoms with Gasteiger partial charge in [-0.2, -0.15) is 0 Å². The minimum Gasteiger partial charge on any atom is -0.480 e. The number of pyridine rings is 1. The van der Waals surface area contributed by atoms with Crippen LogP contribution >= 0.6 is 27.7 Å². The lowest BCUT2D eigenvalue weighted by atomic mass is 10.2. The number of thioether (sulfide) groups is 1. The summed E-state index contributed by atoms with van der Waals surface area (Å²) in [7, 11) is 0. The van der Waals surface area contributed by atoms with Gasteiger partial charge < -0.3 is 10.0 Å². The largest absolute Gasteiger partial charge is 0.480 e. The second kappa shape index (κ2) is 5.27. The van der Waals surface area contributed by atoms with Gasteiger partial charge in [-0.3, -0.25) is 4.79 Å². The smallest absolute Gasteiger partial charge is 0.327 e. The van der Waals surface area contributed by atoms with Crippen LogP contribution < -0.4 is 0 Å². The van der Waals surface area contributed by atoms with Gasteiger partial charge in [0.2, 0.25) is 0 Å². The van der Waals surface area contributed by atoms with Crippen LogP contribution in [0.5, 0.6) is 0 Å². The number of carbonyl (C=O) groups is 2. The van der Waals surface area contributed by atoms with Gasteiger partial charge in [0.1, 0.15) is 11.7 Å². The molecular weight excluding hydrogens is 320 g/mol. The second-order valence-corrected chi connectivity index (χ2v) is 6.13. The van der Waals surface area contributed by atoms with Gasteiger partial charge >= 0.3 is 5.97 Å². The van der Waals surface area contributed by atoms with Crippen molar-refractivity contribution in [3.05, 3.63) is 28.5 Å². The first-order chi connectivity index (χ1) is 8.50. The highest BCUT2D eigenvalue weighted by Gasteiger charge is 2.40. The summed E-state index contributed by atoms with van der Waals surface area (Å²) in [6, 6.07) is 2.52. The first kappa shape index (κ1) is 13.4. The number of halogens is 1. The van der Waals surface area contributed by atoms with Crippen molar-refractivity contribution in [1.82, 2.24) is 9.88 Å². The summed E-state index contributed by atoms with van der Waals surface area (Å²) >= 11 is 4.69. The Labute approximate surface area is 117 Å². The third-order valence-electron chi connectivity index (χ3n) is 2.69. The van der Waals surface area contributed by atoms with E-state index in [2.05, 4.69) is 20.9 Å². The summed E-state index contributed by atoms with van der Waals surface area (Å²) in [5.74, 6) is -0.900. The molecule has 18 heavy (non-hydrogen) atoms. The molecule has 0 aromatic carbocycles. The molecule has 96 valence electrons. The third kappa shape index (κ3) is 2.51. The van der Waals surface area contributed by atoms with Gasteiger partial charge in [0.25, 0.3) is 5.91 Å². The average Bonchev–Trinajstić information content (AvgIpc) is 2.71. The van der Waals surface area contributed by atoms with Gasteiger partial charge in [-0.15, -0.1) is 11.8 Å². The molecule has 1 aliphatic heterocycles. The fraction of sp³-hybridized carbons (Fsp3) is 0.364. The average molecular weight is 331 g/mol. The number of amides is 1. The highest BCUT2D eigenvalue weighted by Crippen LogP contribution is 2.30. The van der Waals surface area contributed by atoms with Crippen LogP contribution in [0.15, 0.2) is 22.8 Å². The Hall–Kier alpha value is -1.08. The first-order valence-corrected chi connectivity index (χ1v) is 7.13. The zero-order valence-corrected chi connectivity index (χ0v) is 11.9. The fourth-order valence-electron chi connectivity index (χ4n) is 1.78. The number of aliphatic carboxylic acids is 1. The second-order valence-electron chi connectivity index (χ2n) is 3.86. The van der Waals surface area contributed by atoms with Gasteiger partial charge in [-0.25, -0.2) is 9.78 Å². The van der Waals surface area contributed by atoms with Crippen molar-refractivity contribution in [3.8, 4) is 0 Å². The predicted molar refractivity (Wildman–Crippen MR) is 71.5 cm³/mol. The number of nitrogens with zero attached hydrogens (tertiary/aromatic N) is 2. The van der Waals surface area contributed by atoms with Crippen LogP contribution in [0.4, 0.5) is 0 Å². The maximum Gasteiger partial charge on any atom is 0.327 e. The Morgan fingerprint density at radius 3 is 2.83 bits per heavy atom. The van der Waals surface area contributed by atoms with Gasteiger partial charge in [0, 0.05) is 16.4 Å². The summed E-state index contributed by atoms with van der Waals surface area (Å²) in [6.45, 7) is 1.82. The van der Waals surface area contributed by atoms with E-state index >= 15 is 0 Å². The fourth-order valence-corrected chi connectivity index (χ4v) is 3.18. The normalized spacial score (nSPS) is 23.1. The summed E-state index contributed by atoms with van der Waals surface area (Å²) < 4.78 is 0.776. The molecule has 2 unspecified atom stereocenters. The minimum atomic E-state index is -0.975. The molecule has 1 amide bonds. The maximum absolute atomic E-state index is 12.3. The monoisotopic (exact) mass is 330 g/mol.